The second-order valence-electron chi connectivity index (χ2n) is 4.06. The number of nitrogen functional groups attached to an aromatic ring is 1. The lowest BCUT2D eigenvalue weighted by atomic mass is 9.96. The smallest absolute Gasteiger partial charge is 0.384 e. The van der Waals surface area contributed by atoms with Crippen LogP contribution in [0.1, 0.15) is 11.1 Å². The summed E-state index contributed by atoms with van der Waals surface area (Å²) in [5.41, 5.74) is 4.61. The van der Waals surface area contributed by atoms with Crippen LogP contribution >= 0.6 is 0 Å². The van der Waals surface area contributed by atoms with Crippen molar-refractivity contribution in [2.75, 3.05) is 5.73 Å². The van der Waals surface area contributed by atoms with Gasteiger partial charge in [0, 0.05) is 6.20 Å². The minimum absolute atomic E-state index is 0.0494. The number of pyridine rings is 1. The van der Waals surface area contributed by atoms with Gasteiger partial charge in [0.2, 0.25) is 0 Å². The van der Waals surface area contributed by atoms with Gasteiger partial charge in [0.25, 0.3) is 0 Å². The summed E-state index contributed by atoms with van der Waals surface area (Å²) >= 11 is 0. The fourth-order valence-corrected chi connectivity index (χ4v) is 1.82. The van der Waals surface area contributed by atoms with Crippen molar-refractivity contribution in [1.82, 2.24) is 4.98 Å². The van der Waals surface area contributed by atoms with Gasteiger partial charge in [0.05, 0.1) is 5.56 Å². The second-order valence-corrected chi connectivity index (χ2v) is 4.06. The van der Waals surface area contributed by atoms with Crippen LogP contribution in [-0.2, 0) is 6.18 Å². The third-order valence-electron chi connectivity index (χ3n) is 2.79. The van der Waals surface area contributed by atoms with Crippen LogP contribution in [0.2, 0.25) is 0 Å². The van der Waals surface area contributed by atoms with Crippen molar-refractivity contribution in [3.8, 4) is 11.1 Å². The van der Waals surface area contributed by atoms with E-state index in [2.05, 4.69) is 4.98 Å². The van der Waals surface area contributed by atoms with E-state index >= 15 is 0 Å². The number of hydrogen-bond acceptors (Lipinski definition) is 2. The van der Waals surface area contributed by atoms with Crippen molar-refractivity contribution >= 4 is 5.82 Å². The highest BCUT2D eigenvalue weighted by molar-refractivity contribution is 5.73. The highest BCUT2D eigenvalue weighted by Gasteiger charge is 2.34. The summed E-state index contributed by atoms with van der Waals surface area (Å²) in [5.74, 6) is -0.618. The average Bonchev–Trinajstić information content (AvgIpc) is 2.31. The van der Waals surface area contributed by atoms with Crippen LogP contribution in [-0.4, -0.2) is 4.98 Å². The highest BCUT2D eigenvalue weighted by atomic mass is 19.4. The number of hydrogen-bond donors (Lipinski definition) is 1. The monoisotopic (exact) mass is 270 g/mol. The Bertz CT molecular complexity index is 621. The summed E-state index contributed by atoms with van der Waals surface area (Å²) in [5, 5.41) is 0. The normalized spacial score (nSPS) is 11.6. The second kappa shape index (κ2) is 4.53. The lowest BCUT2D eigenvalue weighted by molar-refractivity contribution is -0.137. The maximum absolute atomic E-state index is 13.5. The van der Waals surface area contributed by atoms with Crippen molar-refractivity contribution in [1.29, 1.82) is 0 Å². The molecule has 2 aromatic rings. The summed E-state index contributed by atoms with van der Waals surface area (Å²) < 4.78 is 52.2. The van der Waals surface area contributed by atoms with Gasteiger partial charge in [-0.15, -0.1) is 0 Å². The molecular weight excluding hydrogens is 260 g/mol. The van der Waals surface area contributed by atoms with Gasteiger partial charge in [0.1, 0.15) is 11.6 Å². The number of benzene rings is 1. The van der Waals surface area contributed by atoms with Gasteiger partial charge in [-0.25, -0.2) is 9.37 Å². The van der Waals surface area contributed by atoms with Crippen LogP contribution < -0.4 is 5.73 Å². The van der Waals surface area contributed by atoms with Crippen LogP contribution in [0.25, 0.3) is 11.1 Å². The highest BCUT2D eigenvalue weighted by Crippen LogP contribution is 2.38. The van der Waals surface area contributed by atoms with E-state index in [0.717, 1.165) is 6.07 Å². The summed E-state index contributed by atoms with van der Waals surface area (Å²) in [7, 11) is 0. The van der Waals surface area contributed by atoms with E-state index in [9.17, 15) is 17.6 Å². The first-order chi connectivity index (χ1) is 8.80. The third-order valence-corrected chi connectivity index (χ3v) is 2.79. The zero-order valence-electron chi connectivity index (χ0n) is 9.92. The molecule has 0 aliphatic heterocycles. The minimum atomic E-state index is -4.57. The van der Waals surface area contributed by atoms with E-state index in [1.165, 1.54) is 25.1 Å². The van der Waals surface area contributed by atoms with Crippen LogP contribution in [0, 0.1) is 12.7 Å². The standard InChI is InChI=1S/C13H10F4N2/c1-7-8(3-2-4-11(7)14)9-5-12(18)19-6-10(9)13(15,16)17/h2-6H,1H3,(H2,18,19). The molecule has 0 atom stereocenters. The lowest BCUT2D eigenvalue weighted by Gasteiger charge is -2.15. The van der Waals surface area contributed by atoms with Crippen molar-refractivity contribution in [3.63, 3.8) is 0 Å². The number of anilines is 1. The molecule has 0 aliphatic rings. The fourth-order valence-electron chi connectivity index (χ4n) is 1.82. The topological polar surface area (TPSA) is 38.9 Å². The number of nitrogens with zero attached hydrogens (tertiary/aromatic N) is 1. The van der Waals surface area contributed by atoms with Gasteiger partial charge in [0.15, 0.2) is 0 Å². The molecule has 1 heterocycles. The number of halogens is 4. The molecule has 19 heavy (non-hydrogen) atoms. The van der Waals surface area contributed by atoms with E-state index in [1.807, 2.05) is 0 Å². The summed E-state index contributed by atoms with van der Waals surface area (Å²) in [6.45, 7) is 1.42. The molecule has 1 aromatic heterocycles. The van der Waals surface area contributed by atoms with Crippen LogP contribution in [0.4, 0.5) is 23.4 Å². The molecule has 0 fully saturated rings. The Morgan fingerprint density at radius 2 is 1.84 bits per heavy atom. The number of nitrogens with two attached hydrogens (primary N) is 1. The Hall–Kier alpha value is -2.11. The number of aromatic nitrogens is 1. The first kappa shape index (κ1) is 13.3. The van der Waals surface area contributed by atoms with Crippen molar-refractivity contribution < 1.29 is 17.6 Å². The summed E-state index contributed by atoms with van der Waals surface area (Å²) in [6, 6.07) is 5.07. The fraction of sp³-hybridized carbons (Fsp3) is 0.154. The van der Waals surface area contributed by atoms with Crippen LogP contribution in [0.5, 0.6) is 0 Å². The quantitative estimate of drug-likeness (QED) is 0.800. The molecule has 0 unspecified atom stereocenters. The van der Waals surface area contributed by atoms with E-state index in [-0.39, 0.29) is 22.5 Å². The lowest BCUT2D eigenvalue weighted by Crippen LogP contribution is -2.09. The zero-order valence-corrected chi connectivity index (χ0v) is 9.92. The summed E-state index contributed by atoms with van der Waals surface area (Å²) in [6.07, 6.45) is -3.91. The molecule has 0 aliphatic carbocycles. The molecule has 0 spiro atoms. The van der Waals surface area contributed by atoms with Gasteiger partial charge >= 0.3 is 6.18 Å². The van der Waals surface area contributed by atoms with E-state index in [0.29, 0.717) is 6.20 Å². The Kier molecular flexibility index (Phi) is 3.18. The number of alkyl halides is 3. The summed E-state index contributed by atoms with van der Waals surface area (Å²) in [4.78, 5) is 3.45. The van der Waals surface area contributed by atoms with Crippen molar-refractivity contribution in [2.24, 2.45) is 0 Å². The van der Waals surface area contributed by atoms with E-state index < -0.39 is 17.6 Å². The zero-order chi connectivity index (χ0) is 14.2. The van der Waals surface area contributed by atoms with Crippen LogP contribution in [0.15, 0.2) is 30.5 Å². The van der Waals surface area contributed by atoms with Gasteiger partial charge in [-0.3, -0.25) is 0 Å². The average molecular weight is 270 g/mol. The molecule has 2 N–H and O–H groups in total. The van der Waals surface area contributed by atoms with Gasteiger partial charge in [-0.05, 0) is 35.7 Å². The molecule has 0 saturated heterocycles. The molecule has 0 bridgehead atoms. The van der Waals surface area contributed by atoms with Gasteiger partial charge < -0.3 is 5.73 Å². The Balaban J connectivity index is 2.74. The predicted molar refractivity (Wildman–Crippen MR) is 63.8 cm³/mol. The molecule has 100 valence electrons. The van der Waals surface area contributed by atoms with Crippen molar-refractivity contribution in [3.05, 3.63) is 47.4 Å². The SMILES string of the molecule is Cc1c(F)cccc1-c1cc(N)ncc1C(F)(F)F. The molecule has 0 saturated carbocycles. The maximum Gasteiger partial charge on any atom is 0.418 e. The molecule has 1 aromatic carbocycles. The Labute approximate surface area is 106 Å². The molecule has 2 nitrogen and oxygen atoms in total. The Morgan fingerprint density at radius 1 is 1.16 bits per heavy atom. The predicted octanol–water partition coefficient (Wildman–Crippen LogP) is 3.80. The maximum atomic E-state index is 13.5. The van der Waals surface area contributed by atoms with Crippen molar-refractivity contribution in [2.45, 2.75) is 13.1 Å². The van der Waals surface area contributed by atoms with Gasteiger partial charge in [-0.1, -0.05) is 12.1 Å². The Morgan fingerprint density at radius 3 is 2.47 bits per heavy atom. The van der Waals surface area contributed by atoms with Gasteiger partial charge in [-0.2, -0.15) is 13.2 Å². The third kappa shape index (κ3) is 2.52. The van der Waals surface area contributed by atoms with Crippen LogP contribution in [0.3, 0.4) is 0 Å². The first-order valence-electron chi connectivity index (χ1n) is 5.39. The van der Waals surface area contributed by atoms with E-state index in [4.69, 9.17) is 5.73 Å². The number of rotatable bonds is 1. The molecular formula is C13H10F4N2. The minimum Gasteiger partial charge on any atom is -0.384 e. The first-order valence-corrected chi connectivity index (χ1v) is 5.39. The molecule has 6 heteroatoms. The molecule has 0 radical (unpaired) electrons. The molecule has 2 rings (SSSR count). The largest absolute Gasteiger partial charge is 0.418 e. The molecule has 0 amide bonds. The van der Waals surface area contributed by atoms with E-state index in [1.54, 1.807) is 0 Å².